The third kappa shape index (κ3) is 5.75. The maximum Gasteiger partial charge on any atom is 0.244 e. The molecule has 1 amide bonds. The smallest absolute Gasteiger partial charge is 0.244 e. The van der Waals surface area contributed by atoms with Crippen molar-refractivity contribution >= 4 is 37.8 Å². The fourth-order valence-electron chi connectivity index (χ4n) is 2.46. The number of rotatable bonds is 6. The third-order valence-corrected chi connectivity index (χ3v) is 6.09. The van der Waals surface area contributed by atoms with E-state index in [1.54, 1.807) is 6.08 Å². The largest absolute Gasteiger partial charge is 0.349 e. The Bertz CT molecular complexity index is 704. The van der Waals surface area contributed by atoms with Gasteiger partial charge in [0, 0.05) is 21.6 Å². The molecular formula is C20H23Br2NO. The molecule has 1 saturated carbocycles. The summed E-state index contributed by atoms with van der Waals surface area (Å²) in [7, 11) is 0. The standard InChI is InChI=1S/C20H23Br2NO/c1-4-13(2)12-23-20(24)9-14(3)5-6-15-10-17(15)16-7-8-18(21)19(22)11-16/h4-9,11,15,17H,10,12H2,1-3H3,(H,23,24)/b6-5+,13-4+,14-9+. The number of carbonyl (C=O) groups is 1. The lowest BCUT2D eigenvalue weighted by Crippen LogP contribution is -2.23. The molecule has 1 aliphatic carbocycles. The first-order valence-corrected chi connectivity index (χ1v) is 9.70. The fourth-order valence-corrected chi connectivity index (χ4v) is 3.11. The van der Waals surface area contributed by atoms with Gasteiger partial charge in [0.05, 0.1) is 0 Å². The molecule has 0 bridgehead atoms. The van der Waals surface area contributed by atoms with E-state index in [2.05, 4.69) is 67.5 Å². The van der Waals surface area contributed by atoms with E-state index in [9.17, 15) is 4.79 Å². The van der Waals surface area contributed by atoms with Crippen LogP contribution in [-0.2, 0) is 4.79 Å². The van der Waals surface area contributed by atoms with Crippen molar-refractivity contribution < 1.29 is 4.79 Å². The number of hydrogen-bond donors (Lipinski definition) is 1. The Hall–Kier alpha value is -1.13. The molecule has 0 aromatic heterocycles. The van der Waals surface area contributed by atoms with Gasteiger partial charge < -0.3 is 5.32 Å². The highest BCUT2D eigenvalue weighted by atomic mass is 79.9. The lowest BCUT2D eigenvalue weighted by Gasteiger charge is -2.02. The van der Waals surface area contributed by atoms with Crippen molar-refractivity contribution in [3.63, 3.8) is 0 Å². The number of amides is 1. The molecule has 0 radical (unpaired) electrons. The lowest BCUT2D eigenvalue weighted by molar-refractivity contribution is -0.116. The van der Waals surface area contributed by atoms with Crippen molar-refractivity contribution in [1.82, 2.24) is 5.32 Å². The number of halogens is 2. The van der Waals surface area contributed by atoms with Crippen molar-refractivity contribution in [2.24, 2.45) is 5.92 Å². The Morgan fingerprint density at radius 3 is 2.71 bits per heavy atom. The molecule has 1 N–H and O–H groups in total. The molecule has 24 heavy (non-hydrogen) atoms. The van der Waals surface area contributed by atoms with Crippen molar-refractivity contribution in [1.29, 1.82) is 0 Å². The van der Waals surface area contributed by atoms with Gasteiger partial charge in [0.1, 0.15) is 0 Å². The van der Waals surface area contributed by atoms with Crippen molar-refractivity contribution in [3.05, 3.63) is 68.2 Å². The first-order chi connectivity index (χ1) is 11.4. The van der Waals surface area contributed by atoms with E-state index in [1.165, 1.54) is 12.0 Å². The molecule has 1 aromatic carbocycles. The number of nitrogens with one attached hydrogen (secondary N) is 1. The van der Waals surface area contributed by atoms with Gasteiger partial charge in [-0.25, -0.2) is 0 Å². The van der Waals surface area contributed by atoms with E-state index in [0.717, 1.165) is 20.1 Å². The summed E-state index contributed by atoms with van der Waals surface area (Å²) in [4.78, 5) is 11.8. The van der Waals surface area contributed by atoms with E-state index in [1.807, 2.05) is 26.8 Å². The summed E-state index contributed by atoms with van der Waals surface area (Å²) >= 11 is 7.06. The molecule has 2 rings (SSSR count). The second kappa shape index (κ2) is 8.82. The van der Waals surface area contributed by atoms with E-state index >= 15 is 0 Å². The van der Waals surface area contributed by atoms with Gasteiger partial charge in [0.25, 0.3) is 0 Å². The molecule has 2 nitrogen and oxygen atoms in total. The van der Waals surface area contributed by atoms with E-state index in [0.29, 0.717) is 18.4 Å². The molecule has 0 spiro atoms. The van der Waals surface area contributed by atoms with Crippen LogP contribution in [0.3, 0.4) is 0 Å². The first-order valence-electron chi connectivity index (χ1n) is 8.11. The van der Waals surface area contributed by atoms with Crippen LogP contribution in [0.5, 0.6) is 0 Å². The molecular weight excluding hydrogens is 430 g/mol. The second-order valence-electron chi connectivity index (χ2n) is 6.28. The minimum Gasteiger partial charge on any atom is -0.349 e. The molecule has 0 saturated heterocycles. The number of carbonyl (C=O) groups excluding carboxylic acids is 1. The van der Waals surface area contributed by atoms with Gasteiger partial charge in [0.2, 0.25) is 5.91 Å². The van der Waals surface area contributed by atoms with Crippen LogP contribution in [0.15, 0.2) is 62.6 Å². The Labute approximate surface area is 161 Å². The van der Waals surface area contributed by atoms with E-state index in [4.69, 9.17) is 0 Å². The van der Waals surface area contributed by atoms with Crippen molar-refractivity contribution in [2.75, 3.05) is 6.54 Å². The van der Waals surface area contributed by atoms with Crippen molar-refractivity contribution in [3.8, 4) is 0 Å². The Kier molecular flexibility index (Phi) is 7.05. The predicted molar refractivity (Wildman–Crippen MR) is 108 cm³/mol. The van der Waals surface area contributed by atoms with Crippen LogP contribution in [0.25, 0.3) is 0 Å². The fraction of sp³-hybridized carbons (Fsp3) is 0.350. The number of benzene rings is 1. The maximum absolute atomic E-state index is 11.8. The summed E-state index contributed by atoms with van der Waals surface area (Å²) in [6.07, 6.45) is 9.11. The molecule has 128 valence electrons. The van der Waals surface area contributed by atoms with Gasteiger partial charge in [0.15, 0.2) is 0 Å². The normalized spacial score (nSPS) is 21.2. The summed E-state index contributed by atoms with van der Waals surface area (Å²) < 4.78 is 2.18. The molecule has 0 heterocycles. The zero-order valence-electron chi connectivity index (χ0n) is 14.3. The number of hydrogen-bond acceptors (Lipinski definition) is 1. The quantitative estimate of drug-likeness (QED) is 0.325. The third-order valence-electron chi connectivity index (χ3n) is 4.21. The minimum absolute atomic E-state index is 0.0393. The average molecular weight is 453 g/mol. The summed E-state index contributed by atoms with van der Waals surface area (Å²) in [5.41, 5.74) is 3.50. The highest BCUT2D eigenvalue weighted by Gasteiger charge is 2.36. The Morgan fingerprint density at radius 1 is 1.29 bits per heavy atom. The summed E-state index contributed by atoms with van der Waals surface area (Å²) in [6.45, 7) is 6.55. The maximum atomic E-state index is 11.8. The molecule has 4 heteroatoms. The molecule has 1 aromatic rings. The molecule has 1 fully saturated rings. The van der Waals surface area contributed by atoms with Gasteiger partial charge in [-0.05, 0) is 94.2 Å². The average Bonchev–Trinajstić information content (AvgIpc) is 3.33. The zero-order valence-corrected chi connectivity index (χ0v) is 17.4. The van der Waals surface area contributed by atoms with Crippen molar-refractivity contribution in [2.45, 2.75) is 33.1 Å². The van der Waals surface area contributed by atoms with Gasteiger partial charge in [-0.1, -0.05) is 29.9 Å². The van der Waals surface area contributed by atoms with E-state index < -0.39 is 0 Å². The molecule has 2 atom stereocenters. The topological polar surface area (TPSA) is 29.1 Å². The Morgan fingerprint density at radius 2 is 2.04 bits per heavy atom. The summed E-state index contributed by atoms with van der Waals surface area (Å²) in [6, 6.07) is 6.44. The molecule has 1 aliphatic rings. The van der Waals surface area contributed by atoms with Gasteiger partial charge in [-0.2, -0.15) is 0 Å². The van der Waals surface area contributed by atoms with Crippen LogP contribution in [0, 0.1) is 5.92 Å². The number of allylic oxidation sites excluding steroid dienone is 4. The minimum atomic E-state index is -0.0393. The first kappa shape index (κ1) is 19.2. The van der Waals surface area contributed by atoms with E-state index in [-0.39, 0.29) is 5.91 Å². The SMILES string of the molecule is C/C=C(\C)CNC(=O)/C=C(C)/C=C/C1CC1c1ccc(Br)c(Br)c1. The summed E-state index contributed by atoms with van der Waals surface area (Å²) in [5, 5.41) is 2.89. The highest BCUT2D eigenvalue weighted by molar-refractivity contribution is 9.13. The van der Waals surface area contributed by atoms with Gasteiger partial charge in [-0.15, -0.1) is 0 Å². The Balaban J connectivity index is 1.86. The molecule has 0 aliphatic heterocycles. The van der Waals surface area contributed by atoms with Crippen LogP contribution < -0.4 is 5.32 Å². The van der Waals surface area contributed by atoms with Gasteiger partial charge in [-0.3, -0.25) is 4.79 Å². The molecule has 2 unspecified atom stereocenters. The summed E-state index contributed by atoms with van der Waals surface area (Å²) in [5.74, 6) is 1.11. The lowest BCUT2D eigenvalue weighted by atomic mass is 10.1. The highest BCUT2D eigenvalue weighted by Crippen LogP contribution is 2.49. The van der Waals surface area contributed by atoms with Crippen LogP contribution in [0.1, 0.15) is 38.7 Å². The van der Waals surface area contributed by atoms with Crippen LogP contribution in [0.2, 0.25) is 0 Å². The van der Waals surface area contributed by atoms with Crippen LogP contribution >= 0.6 is 31.9 Å². The van der Waals surface area contributed by atoms with Crippen LogP contribution in [0.4, 0.5) is 0 Å². The monoisotopic (exact) mass is 451 g/mol. The predicted octanol–water partition coefficient (Wildman–Crippen LogP) is 5.90. The van der Waals surface area contributed by atoms with Gasteiger partial charge >= 0.3 is 0 Å². The van der Waals surface area contributed by atoms with Crippen LogP contribution in [-0.4, -0.2) is 12.5 Å². The zero-order chi connectivity index (χ0) is 17.7. The second-order valence-corrected chi connectivity index (χ2v) is 7.99.